The van der Waals surface area contributed by atoms with Crippen LogP contribution in [0.1, 0.15) is 17.1 Å². The Hall–Kier alpha value is -2.98. The molecule has 2 N–H and O–H groups in total. The zero-order valence-electron chi connectivity index (χ0n) is 18.0. The summed E-state index contributed by atoms with van der Waals surface area (Å²) < 4.78 is 2.08. The number of aromatic nitrogens is 4. The van der Waals surface area contributed by atoms with Gasteiger partial charge in [-0.2, -0.15) is 4.68 Å². The number of thioether (sulfide) groups is 2. The van der Waals surface area contributed by atoms with Crippen LogP contribution in [0.2, 0.25) is 0 Å². The van der Waals surface area contributed by atoms with Crippen LogP contribution in [-0.4, -0.2) is 75.6 Å². The normalized spacial score (nSPS) is 19.6. The Labute approximate surface area is 205 Å². The summed E-state index contributed by atoms with van der Waals surface area (Å²) in [4.78, 5) is 48.6. The molecular formula is C18H19N7O6S3. The van der Waals surface area contributed by atoms with Crippen molar-refractivity contribution in [3.8, 4) is 0 Å². The number of aryl methyl sites for hydroxylation is 3. The Morgan fingerprint density at radius 3 is 2.76 bits per heavy atom. The van der Waals surface area contributed by atoms with Crippen molar-refractivity contribution in [1.82, 2.24) is 30.2 Å². The van der Waals surface area contributed by atoms with Crippen molar-refractivity contribution in [2.24, 2.45) is 0 Å². The van der Waals surface area contributed by atoms with E-state index in [-0.39, 0.29) is 24.5 Å². The number of carboxylic acid groups (broad SMARTS) is 1. The number of hydrogen-bond acceptors (Lipinski definition) is 11. The van der Waals surface area contributed by atoms with E-state index >= 15 is 0 Å². The summed E-state index contributed by atoms with van der Waals surface area (Å²) in [6.45, 7) is 3.59. The van der Waals surface area contributed by atoms with Crippen molar-refractivity contribution in [3.05, 3.63) is 38.2 Å². The number of fused-ring (bicyclic) bond motifs is 1. The molecule has 13 nitrogen and oxygen atoms in total. The van der Waals surface area contributed by atoms with Gasteiger partial charge >= 0.3 is 11.8 Å². The lowest BCUT2D eigenvalue weighted by Gasteiger charge is -2.49. The standard InChI is InChI=1S/C18H19N7O6S3/c1-8-5-11(25(30)31)22-23(8)4-3-12(26)19-13-15(27)24-14(17(28)29)10(6-32-16(13)24)7-33-18-21-20-9(2)34-18/h5,13,16H,3-4,6-7H2,1-2H3,(H,19,26)(H,28,29). The molecule has 1 saturated heterocycles. The number of nitrogens with one attached hydrogen (secondary N) is 1. The van der Waals surface area contributed by atoms with Crippen LogP contribution < -0.4 is 5.32 Å². The lowest BCUT2D eigenvalue weighted by molar-refractivity contribution is -0.389. The lowest BCUT2D eigenvalue weighted by Crippen LogP contribution is -2.70. The summed E-state index contributed by atoms with van der Waals surface area (Å²) in [7, 11) is 0. The molecule has 2 unspecified atom stereocenters. The van der Waals surface area contributed by atoms with E-state index in [1.54, 1.807) is 6.92 Å². The molecule has 4 heterocycles. The Balaban J connectivity index is 1.37. The summed E-state index contributed by atoms with van der Waals surface area (Å²) in [5, 5.41) is 35.3. The van der Waals surface area contributed by atoms with Crippen LogP contribution >= 0.6 is 34.9 Å². The molecule has 16 heteroatoms. The number of aliphatic carboxylic acids is 1. The number of nitrogens with zero attached hydrogens (tertiary/aromatic N) is 6. The van der Waals surface area contributed by atoms with Gasteiger partial charge in [0.25, 0.3) is 5.91 Å². The third-order valence-corrected chi connectivity index (χ3v) is 8.55. The number of carbonyl (C=O) groups excluding carboxylic acids is 2. The molecule has 34 heavy (non-hydrogen) atoms. The highest BCUT2D eigenvalue weighted by Crippen LogP contribution is 2.41. The fraction of sp³-hybridized carbons (Fsp3) is 0.444. The van der Waals surface area contributed by atoms with E-state index in [0.717, 1.165) is 9.35 Å². The molecule has 0 aliphatic carbocycles. The number of carbonyl (C=O) groups is 3. The Bertz CT molecular complexity index is 1210. The molecule has 0 spiro atoms. The van der Waals surface area contributed by atoms with Crippen molar-refractivity contribution in [3.63, 3.8) is 0 Å². The molecule has 2 atom stereocenters. The highest BCUT2D eigenvalue weighted by atomic mass is 32.2. The lowest BCUT2D eigenvalue weighted by atomic mass is 10.0. The first-order chi connectivity index (χ1) is 16.2. The maximum absolute atomic E-state index is 12.8. The summed E-state index contributed by atoms with van der Waals surface area (Å²) in [6.07, 6.45) is -0.0361. The molecule has 2 amide bonds. The zero-order chi connectivity index (χ0) is 24.6. The number of carboxylic acids is 1. The number of rotatable bonds is 9. The first-order valence-electron chi connectivity index (χ1n) is 9.96. The Morgan fingerprint density at radius 1 is 1.38 bits per heavy atom. The fourth-order valence-corrected chi connectivity index (χ4v) is 6.84. The predicted octanol–water partition coefficient (Wildman–Crippen LogP) is 1.18. The van der Waals surface area contributed by atoms with E-state index in [2.05, 4.69) is 20.6 Å². The van der Waals surface area contributed by atoms with Gasteiger partial charge < -0.3 is 20.5 Å². The summed E-state index contributed by atoms with van der Waals surface area (Å²) in [5.41, 5.74) is 1.10. The van der Waals surface area contributed by atoms with Gasteiger partial charge in [0.1, 0.15) is 22.1 Å². The highest BCUT2D eigenvalue weighted by Gasteiger charge is 2.54. The molecule has 0 bridgehead atoms. The van der Waals surface area contributed by atoms with E-state index in [1.165, 1.54) is 50.5 Å². The van der Waals surface area contributed by atoms with Gasteiger partial charge in [-0.25, -0.2) is 4.79 Å². The Kier molecular flexibility index (Phi) is 6.90. The van der Waals surface area contributed by atoms with Crippen LogP contribution in [0.15, 0.2) is 21.7 Å². The number of nitro groups is 1. The van der Waals surface area contributed by atoms with Gasteiger partial charge in [-0.1, -0.05) is 23.1 Å². The molecule has 2 aliphatic heterocycles. The Morgan fingerprint density at radius 2 is 2.15 bits per heavy atom. The summed E-state index contributed by atoms with van der Waals surface area (Å²) >= 11 is 4.17. The van der Waals surface area contributed by atoms with E-state index in [9.17, 15) is 29.6 Å². The highest BCUT2D eigenvalue weighted by molar-refractivity contribution is 8.01. The molecule has 1 fully saturated rings. The van der Waals surface area contributed by atoms with Crippen molar-refractivity contribution >= 4 is 58.5 Å². The van der Waals surface area contributed by atoms with E-state index in [0.29, 0.717) is 22.8 Å². The SMILES string of the molecule is Cc1nnc(SCC2=C(C(=O)O)N3C(=O)C(NC(=O)CCn4nc([N+](=O)[O-])cc4C)C3SC2)s1. The van der Waals surface area contributed by atoms with Crippen LogP contribution in [-0.2, 0) is 20.9 Å². The maximum Gasteiger partial charge on any atom is 0.390 e. The van der Waals surface area contributed by atoms with Gasteiger partial charge in [0, 0.05) is 17.9 Å². The van der Waals surface area contributed by atoms with Gasteiger partial charge in [-0.3, -0.25) is 14.5 Å². The second kappa shape index (κ2) is 9.71. The smallest absolute Gasteiger partial charge is 0.390 e. The average Bonchev–Trinajstić information content (AvgIpc) is 3.38. The molecule has 0 aromatic carbocycles. The van der Waals surface area contributed by atoms with E-state index in [1.807, 2.05) is 6.92 Å². The second-order valence-electron chi connectivity index (χ2n) is 7.46. The quantitative estimate of drug-likeness (QED) is 0.208. The minimum atomic E-state index is -1.19. The summed E-state index contributed by atoms with van der Waals surface area (Å²) in [6, 6.07) is 0.478. The molecule has 0 saturated carbocycles. The molecule has 2 aliphatic rings. The van der Waals surface area contributed by atoms with Crippen molar-refractivity contribution in [2.75, 3.05) is 11.5 Å². The predicted molar refractivity (Wildman–Crippen MR) is 123 cm³/mol. The van der Waals surface area contributed by atoms with Gasteiger partial charge in [0.15, 0.2) is 4.34 Å². The number of amides is 2. The molecule has 4 rings (SSSR count). The van der Waals surface area contributed by atoms with E-state index < -0.39 is 34.1 Å². The van der Waals surface area contributed by atoms with Crippen LogP contribution in [0.5, 0.6) is 0 Å². The first kappa shape index (κ1) is 24.2. The monoisotopic (exact) mass is 525 g/mol. The molecule has 0 radical (unpaired) electrons. The largest absolute Gasteiger partial charge is 0.477 e. The van der Waals surface area contributed by atoms with Crippen LogP contribution in [0, 0.1) is 24.0 Å². The number of β-lactam (4-membered cyclic amide) rings is 1. The van der Waals surface area contributed by atoms with Crippen LogP contribution in [0.3, 0.4) is 0 Å². The molecule has 180 valence electrons. The molecule has 2 aromatic rings. The zero-order valence-corrected chi connectivity index (χ0v) is 20.4. The maximum atomic E-state index is 12.8. The minimum absolute atomic E-state index is 0.0361. The van der Waals surface area contributed by atoms with E-state index in [4.69, 9.17) is 0 Å². The van der Waals surface area contributed by atoms with Crippen LogP contribution in [0.4, 0.5) is 5.82 Å². The number of hydrogen-bond donors (Lipinski definition) is 2. The first-order valence-corrected chi connectivity index (χ1v) is 12.8. The van der Waals surface area contributed by atoms with Gasteiger partial charge in [-0.15, -0.1) is 22.0 Å². The molecule has 2 aromatic heterocycles. The summed E-state index contributed by atoms with van der Waals surface area (Å²) in [5.74, 6) is -1.63. The minimum Gasteiger partial charge on any atom is -0.477 e. The molecular weight excluding hydrogens is 506 g/mol. The fourth-order valence-electron chi connectivity index (χ4n) is 3.54. The van der Waals surface area contributed by atoms with Crippen molar-refractivity contribution < 1.29 is 24.4 Å². The van der Waals surface area contributed by atoms with Gasteiger partial charge in [0.2, 0.25) is 5.91 Å². The van der Waals surface area contributed by atoms with Gasteiger partial charge in [0.05, 0.1) is 23.4 Å². The van der Waals surface area contributed by atoms with Crippen molar-refractivity contribution in [1.29, 1.82) is 0 Å². The third kappa shape index (κ3) is 4.78. The van der Waals surface area contributed by atoms with Crippen LogP contribution in [0.25, 0.3) is 0 Å². The third-order valence-electron chi connectivity index (χ3n) is 5.15. The van der Waals surface area contributed by atoms with Gasteiger partial charge in [-0.05, 0) is 24.3 Å². The van der Waals surface area contributed by atoms with Crippen molar-refractivity contribution in [2.45, 2.75) is 42.6 Å². The average molecular weight is 526 g/mol. The topological polar surface area (TPSA) is 173 Å². The second-order valence-corrected chi connectivity index (χ2v) is 11.0.